The molecule has 3 N–H and O–H groups in total. The van der Waals surface area contributed by atoms with E-state index in [0.29, 0.717) is 10.5 Å². The lowest BCUT2D eigenvalue weighted by atomic mass is 10.0. The Morgan fingerprint density at radius 2 is 1.83 bits per heavy atom. The topological polar surface area (TPSA) is 54.7 Å². The Hall–Kier alpha value is -2.20. The van der Waals surface area contributed by atoms with Gasteiger partial charge in [-0.2, -0.15) is 0 Å². The molecule has 3 rings (SSSR count). The predicted molar refractivity (Wildman–Crippen MR) is 76.8 cm³/mol. The molecule has 0 fully saturated rings. The smallest absolute Gasteiger partial charge is 0.141 e. The third kappa shape index (κ3) is 1.87. The fourth-order valence-electron chi connectivity index (χ4n) is 2.01. The summed E-state index contributed by atoms with van der Waals surface area (Å²) in [4.78, 5) is 7.34. The fraction of sp³-hybridized carbons (Fsp3) is 0. The number of nitrogens with one attached hydrogen (secondary N) is 1. The Morgan fingerprint density at radius 1 is 1.06 bits per heavy atom. The van der Waals surface area contributed by atoms with Crippen molar-refractivity contribution in [1.82, 2.24) is 9.97 Å². The highest BCUT2D eigenvalue weighted by molar-refractivity contribution is 7.71. The van der Waals surface area contributed by atoms with E-state index in [1.807, 2.05) is 30.3 Å². The van der Waals surface area contributed by atoms with Crippen LogP contribution in [0.5, 0.6) is 0 Å². The van der Waals surface area contributed by atoms with Crippen LogP contribution in [0, 0.1) is 4.64 Å². The van der Waals surface area contributed by atoms with E-state index in [4.69, 9.17) is 18.0 Å². The molecule has 0 aliphatic carbocycles. The monoisotopic (exact) mass is 253 g/mol. The van der Waals surface area contributed by atoms with Crippen LogP contribution in [0.4, 0.5) is 5.82 Å². The molecule has 0 spiro atoms. The minimum atomic E-state index is 0.485. The van der Waals surface area contributed by atoms with Crippen molar-refractivity contribution in [2.45, 2.75) is 0 Å². The lowest BCUT2D eigenvalue weighted by Crippen LogP contribution is -1.93. The lowest BCUT2D eigenvalue weighted by Gasteiger charge is -2.07. The normalized spacial score (nSPS) is 10.7. The molecule has 2 heterocycles. The van der Waals surface area contributed by atoms with Gasteiger partial charge in [0.2, 0.25) is 0 Å². The minimum Gasteiger partial charge on any atom is -0.384 e. The van der Waals surface area contributed by atoms with Crippen molar-refractivity contribution < 1.29 is 0 Å². The second kappa shape index (κ2) is 4.23. The summed E-state index contributed by atoms with van der Waals surface area (Å²) in [5, 5.41) is 1.02. The molecule has 2 aromatic heterocycles. The zero-order valence-corrected chi connectivity index (χ0v) is 10.4. The van der Waals surface area contributed by atoms with Gasteiger partial charge in [0.25, 0.3) is 0 Å². The van der Waals surface area contributed by atoms with Crippen molar-refractivity contribution in [3.63, 3.8) is 0 Å². The summed E-state index contributed by atoms with van der Waals surface area (Å²) >= 11 is 5.23. The Kier molecular flexibility index (Phi) is 2.57. The van der Waals surface area contributed by atoms with E-state index in [0.717, 1.165) is 22.2 Å². The standard InChI is InChI=1S/C14H11N3S/c15-12-7-6-10-11(9-4-2-1-3-5-9)8-13(18)17-14(10)16-12/h1-8H,(H3,15,16,17,18). The summed E-state index contributed by atoms with van der Waals surface area (Å²) in [7, 11) is 0. The molecule has 0 saturated carbocycles. The van der Waals surface area contributed by atoms with E-state index in [1.54, 1.807) is 6.07 Å². The van der Waals surface area contributed by atoms with Crippen LogP contribution in [-0.2, 0) is 0 Å². The van der Waals surface area contributed by atoms with Crippen LogP contribution in [0.1, 0.15) is 0 Å². The molecule has 3 nitrogen and oxygen atoms in total. The Labute approximate surface area is 109 Å². The summed E-state index contributed by atoms with van der Waals surface area (Å²) in [5.41, 5.74) is 8.61. The zero-order chi connectivity index (χ0) is 12.5. The highest BCUT2D eigenvalue weighted by Crippen LogP contribution is 2.27. The van der Waals surface area contributed by atoms with E-state index < -0.39 is 0 Å². The van der Waals surface area contributed by atoms with Gasteiger partial charge >= 0.3 is 0 Å². The molecule has 0 atom stereocenters. The molecule has 0 aliphatic heterocycles. The van der Waals surface area contributed by atoms with E-state index in [-0.39, 0.29) is 0 Å². The number of fused-ring (bicyclic) bond motifs is 1. The maximum absolute atomic E-state index is 5.70. The van der Waals surface area contributed by atoms with Crippen LogP contribution < -0.4 is 5.73 Å². The zero-order valence-electron chi connectivity index (χ0n) is 9.55. The number of benzene rings is 1. The average Bonchev–Trinajstić information content (AvgIpc) is 2.38. The number of aromatic amines is 1. The molecule has 0 bridgehead atoms. The molecular weight excluding hydrogens is 242 g/mol. The van der Waals surface area contributed by atoms with Crippen LogP contribution in [0.3, 0.4) is 0 Å². The number of aromatic nitrogens is 2. The summed E-state index contributed by atoms with van der Waals surface area (Å²) in [5.74, 6) is 0.485. The first-order valence-electron chi connectivity index (χ1n) is 5.59. The van der Waals surface area contributed by atoms with E-state index in [2.05, 4.69) is 22.1 Å². The van der Waals surface area contributed by atoms with Crippen molar-refractivity contribution in [3.8, 4) is 11.1 Å². The Morgan fingerprint density at radius 3 is 2.61 bits per heavy atom. The van der Waals surface area contributed by atoms with Crippen LogP contribution in [0.2, 0.25) is 0 Å². The maximum Gasteiger partial charge on any atom is 0.141 e. The van der Waals surface area contributed by atoms with Crippen LogP contribution in [0.15, 0.2) is 48.5 Å². The Bertz CT molecular complexity index is 763. The van der Waals surface area contributed by atoms with Gasteiger partial charge in [0.05, 0.1) is 0 Å². The molecule has 18 heavy (non-hydrogen) atoms. The SMILES string of the molecule is Nc1ccc2c(-c3ccccc3)cc(=S)[nH]c2n1. The van der Waals surface area contributed by atoms with Crippen molar-refractivity contribution in [3.05, 3.63) is 53.2 Å². The first-order chi connectivity index (χ1) is 8.74. The van der Waals surface area contributed by atoms with E-state index >= 15 is 0 Å². The lowest BCUT2D eigenvalue weighted by molar-refractivity contribution is 1.28. The molecule has 3 aromatic rings. The number of H-pyrrole nitrogens is 1. The van der Waals surface area contributed by atoms with Crippen molar-refractivity contribution in [2.75, 3.05) is 5.73 Å². The van der Waals surface area contributed by atoms with Crippen molar-refractivity contribution >= 4 is 29.1 Å². The van der Waals surface area contributed by atoms with Gasteiger partial charge in [0.1, 0.15) is 16.1 Å². The van der Waals surface area contributed by atoms with Crippen molar-refractivity contribution in [1.29, 1.82) is 0 Å². The predicted octanol–water partition coefficient (Wildman–Crippen LogP) is 3.54. The Balaban J connectivity index is 2.39. The summed E-state index contributed by atoms with van der Waals surface area (Å²) < 4.78 is 0.652. The summed E-state index contributed by atoms with van der Waals surface area (Å²) in [6.07, 6.45) is 0. The fourth-order valence-corrected chi connectivity index (χ4v) is 2.22. The second-order valence-corrected chi connectivity index (χ2v) is 4.49. The molecule has 88 valence electrons. The van der Waals surface area contributed by atoms with E-state index in [1.165, 1.54) is 0 Å². The third-order valence-electron chi connectivity index (χ3n) is 2.81. The highest BCUT2D eigenvalue weighted by Gasteiger charge is 2.05. The molecule has 1 aromatic carbocycles. The largest absolute Gasteiger partial charge is 0.384 e. The van der Waals surface area contributed by atoms with Gasteiger partial charge in [-0.25, -0.2) is 4.98 Å². The van der Waals surface area contributed by atoms with Gasteiger partial charge in [-0.3, -0.25) is 0 Å². The number of hydrogen-bond donors (Lipinski definition) is 2. The van der Waals surface area contributed by atoms with E-state index in [9.17, 15) is 0 Å². The van der Waals surface area contributed by atoms with Gasteiger partial charge in [-0.05, 0) is 29.3 Å². The average molecular weight is 253 g/mol. The minimum absolute atomic E-state index is 0.485. The molecule has 0 aliphatic rings. The quantitative estimate of drug-likeness (QED) is 0.652. The van der Waals surface area contributed by atoms with Crippen LogP contribution in [-0.4, -0.2) is 9.97 Å². The summed E-state index contributed by atoms with van der Waals surface area (Å²) in [6, 6.07) is 15.8. The number of nitrogen functional groups attached to an aromatic ring is 1. The number of nitrogens with two attached hydrogens (primary N) is 1. The van der Waals surface area contributed by atoms with Gasteiger partial charge in [-0.1, -0.05) is 42.5 Å². The molecule has 0 amide bonds. The maximum atomic E-state index is 5.70. The molecule has 0 saturated heterocycles. The molecule has 0 unspecified atom stereocenters. The summed E-state index contributed by atoms with van der Waals surface area (Å²) in [6.45, 7) is 0. The number of pyridine rings is 2. The van der Waals surface area contributed by atoms with Crippen LogP contribution in [0.25, 0.3) is 22.2 Å². The van der Waals surface area contributed by atoms with Gasteiger partial charge in [0.15, 0.2) is 0 Å². The number of rotatable bonds is 1. The number of nitrogens with zero attached hydrogens (tertiary/aromatic N) is 1. The van der Waals surface area contributed by atoms with Gasteiger partial charge in [0, 0.05) is 5.39 Å². The highest BCUT2D eigenvalue weighted by atomic mass is 32.1. The number of hydrogen-bond acceptors (Lipinski definition) is 3. The number of anilines is 1. The van der Waals surface area contributed by atoms with Gasteiger partial charge in [-0.15, -0.1) is 0 Å². The van der Waals surface area contributed by atoms with Gasteiger partial charge < -0.3 is 10.7 Å². The van der Waals surface area contributed by atoms with Crippen LogP contribution >= 0.6 is 12.2 Å². The van der Waals surface area contributed by atoms with Crippen molar-refractivity contribution in [2.24, 2.45) is 0 Å². The third-order valence-corrected chi connectivity index (χ3v) is 3.03. The second-order valence-electron chi connectivity index (χ2n) is 4.05. The molecular formula is C14H11N3S. The molecule has 0 radical (unpaired) electrons. The molecule has 4 heteroatoms. The first-order valence-corrected chi connectivity index (χ1v) is 6.00. The first kappa shape index (κ1) is 10.9.